The number of amides is 1. The summed E-state index contributed by atoms with van der Waals surface area (Å²) in [6.45, 7) is 7.46. The first kappa shape index (κ1) is 15.4. The lowest BCUT2D eigenvalue weighted by Gasteiger charge is -2.24. The number of aromatic nitrogens is 1. The largest absolute Gasteiger partial charge is 0.482 e. The summed E-state index contributed by atoms with van der Waals surface area (Å²) in [6.07, 6.45) is 0.840. The third kappa shape index (κ3) is 4.87. The van der Waals surface area contributed by atoms with Gasteiger partial charge in [0.25, 0.3) is 5.91 Å². The van der Waals surface area contributed by atoms with E-state index in [0.717, 1.165) is 12.1 Å². The van der Waals surface area contributed by atoms with Gasteiger partial charge in [-0.2, -0.15) is 0 Å². The van der Waals surface area contributed by atoms with Crippen molar-refractivity contribution in [1.82, 2.24) is 10.3 Å². The molecule has 0 atom stereocenters. The monoisotopic (exact) mass is 266 g/mol. The second kappa shape index (κ2) is 6.52. The molecule has 19 heavy (non-hydrogen) atoms. The van der Waals surface area contributed by atoms with Gasteiger partial charge in [-0.25, -0.2) is 0 Å². The first-order valence-electron chi connectivity index (χ1n) is 6.39. The van der Waals surface area contributed by atoms with E-state index in [9.17, 15) is 9.90 Å². The minimum atomic E-state index is -0.244. The van der Waals surface area contributed by atoms with Crippen LogP contribution in [0.5, 0.6) is 5.75 Å². The fraction of sp³-hybridized carbons (Fsp3) is 0.571. The van der Waals surface area contributed by atoms with Crippen molar-refractivity contribution in [2.75, 3.05) is 6.61 Å². The summed E-state index contributed by atoms with van der Waals surface area (Å²) in [4.78, 5) is 15.9. The Hall–Kier alpha value is -1.62. The second-order valence-corrected chi connectivity index (χ2v) is 5.13. The molecule has 0 radical (unpaired) electrons. The maximum atomic E-state index is 11.7. The minimum Gasteiger partial charge on any atom is -0.482 e. The highest BCUT2D eigenvalue weighted by atomic mass is 16.5. The molecule has 0 bridgehead atoms. The fourth-order valence-corrected chi connectivity index (χ4v) is 1.49. The average Bonchev–Trinajstić information content (AvgIpc) is 2.36. The Bertz CT molecular complexity index is 444. The summed E-state index contributed by atoms with van der Waals surface area (Å²) in [6, 6.07) is 3.49. The number of hydrogen-bond acceptors (Lipinski definition) is 4. The predicted octanol–water partition coefficient (Wildman–Crippen LogP) is 1.57. The lowest BCUT2D eigenvalue weighted by atomic mass is 10.0. The molecule has 1 aromatic heterocycles. The zero-order chi connectivity index (χ0) is 14.5. The molecular weight excluding hydrogens is 244 g/mol. The molecule has 0 aliphatic rings. The van der Waals surface area contributed by atoms with Crippen LogP contribution in [0.15, 0.2) is 12.1 Å². The van der Waals surface area contributed by atoms with Gasteiger partial charge in [0.05, 0.1) is 6.61 Å². The van der Waals surface area contributed by atoms with Crippen molar-refractivity contribution in [3.8, 4) is 5.75 Å². The van der Waals surface area contributed by atoms with E-state index in [4.69, 9.17) is 4.74 Å². The van der Waals surface area contributed by atoms with Crippen LogP contribution in [0.2, 0.25) is 0 Å². The maximum absolute atomic E-state index is 11.7. The van der Waals surface area contributed by atoms with Crippen molar-refractivity contribution in [1.29, 1.82) is 0 Å². The number of aliphatic hydroxyl groups excluding tert-OH is 1. The Morgan fingerprint density at radius 1 is 1.47 bits per heavy atom. The van der Waals surface area contributed by atoms with Gasteiger partial charge in [-0.3, -0.25) is 9.78 Å². The van der Waals surface area contributed by atoms with E-state index in [0.29, 0.717) is 11.4 Å². The van der Waals surface area contributed by atoms with E-state index in [1.165, 1.54) is 0 Å². The molecule has 1 heterocycles. The summed E-state index contributed by atoms with van der Waals surface area (Å²) < 4.78 is 5.40. The molecule has 5 heteroatoms. The van der Waals surface area contributed by atoms with E-state index >= 15 is 0 Å². The van der Waals surface area contributed by atoms with Crippen LogP contribution in [0.4, 0.5) is 0 Å². The summed E-state index contributed by atoms with van der Waals surface area (Å²) in [5.74, 6) is 0.258. The highest BCUT2D eigenvalue weighted by Crippen LogP contribution is 2.16. The van der Waals surface area contributed by atoms with Gasteiger partial charge in [-0.15, -0.1) is 0 Å². The topological polar surface area (TPSA) is 71.5 Å². The normalized spacial score (nSPS) is 11.2. The van der Waals surface area contributed by atoms with Gasteiger partial charge in [0.15, 0.2) is 6.61 Å². The smallest absolute Gasteiger partial charge is 0.258 e. The van der Waals surface area contributed by atoms with Crippen LogP contribution in [0.1, 0.15) is 38.6 Å². The number of pyridine rings is 1. The van der Waals surface area contributed by atoms with Crippen molar-refractivity contribution >= 4 is 5.91 Å². The lowest BCUT2D eigenvalue weighted by molar-refractivity contribution is -0.124. The SMILES string of the molecule is CCC(C)(C)NC(=O)COc1ccc(C)nc1CO. The van der Waals surface area contributed by atoms with Crippen molar-refractivity contribution in [3.05, 3.63) is 23.5 Å². The van der Waals surface area contributed by atoms with Gasteiger partial charge < -0.3 is 15.2 Å². The van der Waals surface area contributed by atoms with Gasteiger partial charge in [0, 0.05) is 11.2 Å². The maximum Gasteiger partial charge on any atom is 0.258 e. The number of nitrogens with zero attached hydrogens (tertiary/aromatic N) is 1. The number of ether oxygens (including phenoxy) is 1. The van der Waals surface area contributed by atoms with Crippen molar-refractivity contribution in [3.63, 3.8) is 0 Å². The van der Waals surface area contributed by atoms with Crippen LogP contribution in [-0.4, -0.2) is 28.1 Å². The molecule has 0 spiro atoms. The predicted molar refractivity (Wildman–Crippen MR) is 72.9 cm³/mol. The Morgan fingerprint density at radius 3 is 2.74 bits per heavy atom. The Morgan fingerprint density at radius 2 is 2.16 bits per heavy atom. The van der Waals surface area contributed by atoms with E-state index in [-0.39, 0.29) is 24.7 Å². The van der Waals surface area contributed by atoms with Crippen molar-refractivity contribution in [2.24, 2.45) is 0 Å². The number of aryl methyl sites for hydroxylation is 1. The molecule has 0 fully saturated rings. The fourth-order valence-electron chi connectivity index (χ4n) is 1.49. The van der Waals surface area contributed by atoms with Crippen LogP contribution in [0.25, 0.3) is 0 Å². The zero-order valence-corrected chi connectivity index (χ0v) is 12.0. The number of aliphatic hydroxyl groups is 1. The molecule has 0 aromatic carbocycles. The van der Waals surface area contributed by atoms with Gasteiger partial charge in [0.2, 0.25) is 0 Å². The quantitative estimate of drug-likeness (QED) is 0.819. The van der Waals surface area contributed by atoms with E-state index < -0.39 is 0 Å². The summed E-state index contributed by atoms with van der Waals surface area (Å²) >= 11 is 0. The van der Waals surface area contributed by atoms with Crippen LogP contribution in [-0.2, 0) is 11.4 Å². The summed E-state index contributed by atoms with van der Waals surface area (Å²) in [5.41, 5.74) is 1.00. The molecule has 0 unspecified atom stereocenters. The van der Waals surface area contributed by atoms with Crippen LogP contribution >= 0.6 is 0 Å². The Labute approximate surface area is 114 Å². The van der Waals surface area contributed by atoms with Crippen molar-refractivity contribution < 1.29 is 14.6 Å². The molecule has 0 aliphatic heterocycles. The molecule has 0 saturated heterocycles. The zero-order valence-electron chi connectivity index (χ0n) is 12.0. The Balaban J connectivity index is 2.60. The van der Waals surface area contributed by atoms with Gasteiger partial charge in [0.1, 0.15) is 11.4 Å². The van der Waals surface area contributed by atoms with Crippen LogP contribution < -0.4 is 10.1 Å². The molecule has 2 N–H and O–H groups in total. The third-order valence-corrected chi connectivity index (χ3v) is 2.94. The highest BCUT2D eigenvalue weighted by molar-refractivity contribution is 5.78. The molecule has 106 valence electrons. The molecule has 0 aliphatic carbocycles. The van der Waals surface area contributed by atoms with Gasteiger partial charge in [-0.05, 0) is 39.3 Å². The van der Waals surface area contributed by atoms with Crippen LogP contribution in [0, 0.1) is 6.92 Å². The van der Waals surface area contributed by atoms with E-state index in [1.807, 2.05) is 27.7 Å². The highest BCUT2D eigenvalue weighted by Gasteiger charge is 2.18. The standard InChI is InChI=1S/C14H22N2O3/c1-5-14(3,4)16-13(18)9-19-12-7-6-10(2)15-11(12)8-17/h6-7,17H,5,8-9H2,1-4H3,(H,16,18). The molecule has 1 amide bonds. The average molecular weight is 266 g/mol. The van der Waals surface area contributed by atoms with Crippen molar-refractivity contribution in [2.45, 2.75) is 46.3 Å². The summed E-state index contributed by atoms with van der Waals surface area (Å²) in [7, 11) is 0. The number of hydrogen-bond donors (Lipinski definition) is 2. The lowest BCUT2D eigenvalue weighted by Crippen LogP contribution is -2.44. The van der Waals surface area contributed by atoms with Gasteiger partial charge in [-0.1, -0.05) is 6.92 Å². The van der Waals surface area contributed by atoms with Crippen LogP contribution in [0.3, 0.4) is 0 Å². The number of carbonyl (C=O) groups excluding carboxylic acids is 1. The first-order valence-corrected chi connectivity index (χ1v) is 6.39. The molecule has 5 nitrogen and oxygen atoms in total. The summed E-state index contributed by atoms with van der Waals surface area (Å²) in [5, 5.41) is 12.1. The van der Waals surface area contributed by atoms with E-state index in [2.05, 4.69) is 10.3 Å². The minimum absolute atomic E-state index is 0.0822. The number of carbonyl (C=O) groups is 1. The molecule has 1 rings (SSSR count). The third-order valence-electron chi connectivity index (χ3n) is 2.94. The molecule has 1 aromatic rings. The molecular formula is C14H22N2O3. The van der Waals surface area contributed by atoms with E-state index in [1.54, 1.807) is 12.1 Å². The Kier molecular flexibility index (Phi) is 5.30. The van der Waals surface area contributed by atoms with Gasteiger partial charge >= 0.3 is 0 Å². The number of nitrogens with one attached hydrogen (secondary N) is 1. The molecule has 0 saturated carbocycles. The number of rotatable bonds is 6. The first-order chi connectivity index (χ1) is 8.88. The second-order valence-electron chi connectivity index (χ2n) is 5.13.